The van der Waals surface area contributed by atoms with Crippen LogP contribution in [-0.4, -0.2) is 42.6 Å². The number of nitrogens with zero attached hydrogens (tertiary/aromatic N) is 1. The van der Waals surface area contributed by atoms with Crippen LogP contribution in [0.4, 0.5) is 0 Å². The SMILES string of the molecule is CC(C)CCOCOC(=O)CN1C(=O)C=CC1=O. The molecule has 0 aromatic heterocycles. The highest BCUT2D eigenvalue weighted by atomic mass is 16.7. The van der Waals surface area contributed by atoms with Crippen LogP contribution in [0.1, 0.15) is 20.3 Å². The van der Waals surface area contributed by atoms with Gasteiger partial charge in [0.15, 0.2) is 6.79 Å². The maximum atomic E-state index is 11.3. The van der Waals surface area contributed by atoms with Gasteiger partial charge in [0.05, 0.1) is 6.61 Å². The molecule has 0 radical (unpaired) electrons. The molecule has 0 aromatic rings. The van der Waals surface area contributed by atoms with Gasteiger partial charge in [-0.25, -0.2) is 0 Å². The third kappa shape index (κ3) is 4.67. The zero-order chi connectivity index (χ0) is 13.5. The van der Waals surface area contributed by atoms with Gasteiger partial charge in [-0.2, -0.15) is 0 Å². The van der Waals surface area contributed by atoms with E-state index in [1.165, 1.54) is 0 Å². The van der Waals surface area contributed by atoms with Crippen LogP contribution in [-0.2, 0) is 23.9 Å². The molecule has 2 amide bonds. The van der Waals surface area contributed by atoms with E-state index in [4.69, 9.17) is 9.47 Å². The first-order valence-electron chi connectivity index (χ1n) is 5.77. The topological polar surface area (TPSA) is 72.9 Å². The van der Waals surface area contributed by atoms with Gasteiger partial charge < -0.3 is 9.47 Å². The molecule has 0 saturated heterocycles. The van der Waals surface area contributed by atoms with Gasteiger partial charge in [-0.3, -0.25) is 19.3 Å². The molecule has 18 heavy (non-hydrogen) atoms. The zero-order valence-corrected chi connectivity index (χ0v) is 10.5. The van der Waals surface area contributed by atoms with Crippen LogP contribution in [0, 0.1) is 5.92 Å². The molecule has 100 valence electrons. The summed E-state index contributed by atoms with van der Waals surface area (Å²) < 4.78 is 9.83. The molecule has 0 saturated carbocycles. The molecule has 6 heteroatoms. The summed E-state index contributed by atoms with van der Waals surface area (Å²) in [6, 6.07) is 0. The molecule has 0 fully saturated rings. The van der Waals surface area contributed by atoms with Crippen molar-refractivity contribution in [1.29, 1.82) is 0 Å². The van der Waals surface area contributed by atoms with Gasteiger partial charge in [0.2, 0.25) is 0 Å². The maximum absolute atomic E-state index is 11.3. The van der Waals surface area contributed by atoms with E-state index in [-0.39, 0.29) is 13.3 Å². The van der Waals surface area contributed by atoms with Crippen molar-refractivity contribution in [1.82, 2.24) is 4.90 Å². The van der Waals surface area contributed by atoms with Gasteiger partial charge in [-0.05, 0) is 12.3 Å². The quantitative estimate of drug-likeness (QED) is 0.286. The van der Waals surface area contributed by atoms with Crippen molar-refractivity contribution in [2.45, 2.75) is 20.3 Å². The van der Waals surface area contributed by atoms with Crippen molar-refractivity contribution >= 4 is 17.8 Å². The van der Waals surface area contributed by atoms with Crippen LogP contribution in [0.25, 0.3) is 0 Å². The van der Waals surface area contributed by atoms with Crippen molar-refractivity contribution < 1.29 is 23.9 Å². The Labute approximate surface area is 106 Å². The lowest BCUT2D eigenvalue weighted by atomic mass is 10.1. The molecule has 1 rings (SSSR count). The lowest BCUT2D eigenvalue weighted by Gasteiger charge is -2.13. The van der Waals surface area contributed by atoms with Gasteiger partial charge in [-0.15, -0.1) is 0 Å². The van der Waals surface area contributed by atoms with Gasteiger partial charge in [0.25, 0.3) is 11.8 Å². The number of ether oxygens (including phenoxy) is 2. The van der Waals surface area contributed by atoms with E-state index < -0.39 is 17.8 Å². The highest BCUT2D eigenvalue weighted by Gasteiger charge is 2.26. The minimum atomic E-state index is -0.662. The van der Waals surface area contributed by atoms with E-state index in [1.807, 2.05) is 0 Å². The van der Waals surface area contributed by atoms with E-state index in [2.05, 4.69) is 13.8 Å². The number of imide groups is 1. The number of hydrogen-bond donors (Lipinski definition) is 0. The van der Waals surface area contributed by atoms with Crippen LogP contribution in [0.3, 0.4) is 0 Å². The molecule has 0 aliphatic carbocycles. The van der Waals surface area contributed by atoms with E-state index >= 15 is 0 Å². The van der Waals surface area contributed by atoms with Gasteiger partial charge in [0, 0.05) is 12.2 Å². The van der Waals surface area contributed by atoms with E-state index in [0.29, 0.717) is 12.5 Å². The molecule has 0 aromatic carbocycles. The standard InChI is InChI=1S/C12H17NO5/c1-9(2)5-6-17-8-18-12(16)7-13-10(14)3-4-11(13)15/h3-4,9H,5-8H2,1-2H3. The highest BCUT2D eigenvalue weighted by molar-refractivity contribution is 6.14. The Morgan fingerprint density at radius 1 is 1.28 bits per heavy atom. The van der Waals surface area contributed by atoms with Crippen molar-refractivity contribution in [3.8, 4) is 0 Å². The number of carbonyl (C=O) groups excluding carboxylic acids is 3. The van der Waals surface area contributed by atoms with Gasteiger partial charge >= 0.3 is 5.97 Å². The first-order valence-corrected chi connectivity index (χ1v) is 5.77. The third-order valence-electron chi connectivity index (χ3n) is 2.33. The molecule has 0 unspecified atom stereocenters. The minimum absolute atomic E-state index is 0.158. The average molecular weight is 255 g/mol. The zero-order valence-electron chi connectivity index (χ0n) is 10.5. The van der Waals surface area contributed by atoms with Crippen LogP contribution in [0.2, 0.25) is 0 Å². The monoisotopic (exact) mass is 255 g/mol. The van der Waals surface area contributed by atoms with Crippen LogP contribution in [0.5, 0.6) is 0 Å². The fourth-order valence-electron chi connectivity index (χ4n) is 1.25. The molecule has 0 spiro atoms. The second-order valence-electron chi connectivity index (χ2n) is 4.32. The van der Waals surface area contributed by atoms with Crippen molar-refractivity contribution in [3.05, 3.63) is 12.2 Å². The summed E-state index contributed by atoms with van der Waals surface area (Å²) >= 11 is 0. The molecule has 0 atom stereocenters. The number of carbonyl (C=O) groups is 3. The van der Waals surface area contributed by atoms with Crippen LogP contribution in [0.15, 0.2) is 12.2 Å². The van der Waals surface area contributed by atoms with Crippen molar-refractivity contribution in [2.75, 3.05) is 19.9 Å². The summed E-state index contributed by atoms with van der Waals surface area (Å²) in [5.74, 6) is -1.15. The first-order chi connectivity index (χ1) is 8.50. The predicted molar refractivity (Wildman–Crippen MR) is 62.2 cm³/mol. The second kappa shape index (κ2) is 6.90. The summed E-state index contributed by atoms with van der Waals surface area (Å²) in [4.78, 5) is 34.4. The summed E-state index contributed by atoms with van der Waals surface area (Å²) in [6.07, 6.45) is 3.12. The lowest BCUT2D eigenvalue weighted by Crippen LogP contribution is -2.36. The molecule has 6 nitrogen and oxygen atoms in total. The predicted octanol–water partition coefficient (Wildman–Crippen LogP) is 0.475. The Kier molecular flexibility index (Phi) is 5.51. The smallest absolute Gasteiger partial charge is 0.328 e. The Morgan fingerprint density at radius 3 is 2.44 bits per heavy atom. The Morgan fingerprint density at radius 2 is 1.89 bits per heavy atom. The fraction of sp³-hybridized carbons (Fsp3) is 0.583. The van der Waals surface area contributed by atoms with Crippen molar-refractivity contribution in [2.24, 2.45) is 5.92 Å². The number of rotatable bonds is 7. The molecule has 0 N–H and O–H groups in total. The Bertz CT molecular complexity index is 343. The van der Waals surface area contributed by atoms with E-state index in [9.17, 15) is 14.4 Å². The van der Waals surface area contributed by atoms with Crippen LogP contribution >= 0.6 is 0 Å². The summed E-state index contributed by atoms with van der Waals surface area (Å²) in [7, 11) is 0. The lowest BCUT2D eigenvalue weighted by molar-refractivity contribution is -0.161. The largest absolute Gasteiger partial charge is 0.437 e. The first kappa shape index (κ1) is 14.4. The summed E-state index contributed by atoms with van der Waals surface area (Å²) in [5.41, 5.74) is 0. The molecule has 1 aliphatic heterocycles. The number of amides is 2. The number of hydrogen-bond acceptors (Lipinski definition) is 5. The average Bonchev–Trinajstić information content (AvgIpc) is 2.60. The maximum Gasteiger partial charge on any atom is 0.328 e. The minimum Gasteiger partial charge on any atom is -0.437 e. The molecular formula is C12H17NO5. The third-order valence-corrected chi connectivity index (χ3v) is 2.33. The Balaban J connectivity index is 2.15. The Hall–Kier alpha value is -1.69. The van der Waals surface area contributed by atoms with Crippen molar-refractivity contribution in [3.63, 3.8) is 0 Å². The summed E-state index contributed by atoms with van der Waals surface area (Å²) in [5, 5.41) is 0. The fourth-order valence-corrected chi connectivity index (χ4v) is 1.25. The molecule has 0 bridgehead atoms. The van der Waals surface area contributed by atoms with Gasteiger partial charge in [0.1, 0.15) is 6.54 Å². The summed E-state index contributed by atoms with van der Waals surface area (Å²) in [6.45, 7) is 4.10. The molecule has 1 aliphatic rings. The van der Waals surface area contributed by atoms with Gasteiger partial charge in [-0.1, -0.05) is 13.8 Å². The highest BCUT2D eigenvalue weighted by Crippen LogP contribution is 2.03. The second-order valence-corrected chi connectivity index (χ2v) is 4.32. The van der Waals surface area contributed by atoms with E-state index in [1.54, 1.807) is 0 Å². The molecule has 1 heterocycles. The van der Waals surface area contributed by atoms with Crippen LogP contribution < -0.4 is 0 Å². The van der Waals surface area contributed by atoms with E-state index in [0.717, 1.165) is 23.5 Å². The molecular weight excluding hydrogens is 238 g/mol. The number of esters is 1. The normalized spacial score (nSPS) is 14.7.